The molecule has 2 aromatic carbocycles. The first kappa shape index (κ1) is 15.3. The number of rotatable bonds is 5. The molecule has 1 heterocycles. The summed E-state index contributed by atoms with van der Waals surface area (Å²) >= 11 is 0. The molecule has 3 rings (SSSR count). The second kappa shape index (κ2) is 6.24. The van der Waals surface area contributed by atoms with Crippen LogP contribution in [0.2, 0.25) is 0 Å². The van der Waals surface area contributed by atoms with Crippen LogP contribution in [0.1, 0.15) is 31.7 Å². The highest BCUT2D eigenvalue weighted by Crippen LogP contribution is 2.37. The van der Waals surface area contributed by atoms with Gasteiger partial charge in [0.25, 0.3) is 11.8 Å². The summed E-state index contributed by atoms with van der Waals surface area (Å²) in [5.41, 5.74) is 3.07. The van der Waals surface area contributed by atoms with Crippen molar-refractivity contribution in [1.82, 2.24) is 5.43 Å². The van der Waals surface area contributed by atoms with Crippen molar-refractivity contribution in [1.29, 1.82) is 0 Å². The highest BCUT2D eigenvalue weighted by molar-refractivity contribution is 6.22. The second-order valence-electron chi connectivity index (χ2n) is 5.79. The first-order valence-corrected chi connectivity index (χ1v) is 7.96. The molecule has 0 bridgehead atoms. The van der Waals surface area contributed by atoms with Crippen LogP contribution in [0.25, 0.3) is 0 Å². The van der Waals surface area contributed by atoms with E-state index in [2.05, 4.69) is 12.3 Å². The Hall–Kier alpha value is -2.62. The third-order valence-corrected chi connectivity index (χ3v) is 4.36. The minimum atomic E-state index is -1.13. The lowest BCUT2D eigenvalue weighted by atomic mass is 9.75. The molecule has 1 N–H and O–H groups in total. The van der Waals surface area contributed by atoms with E-state index < -0.39 is 5.41 Å². The first-order valence-electron chi connectivity index (χ1n) is 7.96. The molecule has 1 fully saturated rings. The van der Waals surface area contributed by atoms with E-state index in [-0.39, 0.29) is 11.8 Å². The van der Waals surface area contributed by atoms with Crippen LogP contribution in [-0.2, 0) is 15.0 Å². The number of unbranched alkanes of at least 4 members (excludes halogenated alkanes) is 1. The molecule has 1 atom stereocenters. The number of amides is 2. The van der Waals surface area contributed by atoms with Crippen molar-refractivity contribution in [2.24, 2.45) is 0 Å². The van der Waals surface area contributed by atoms with Crippen LogP contribution in [-0.4, -0.2) is 11.8 Å². The molecule has 0 aromatic heterocycles. The van der Waals surface area contributed by atoms with Gasteiger partial charge >= 0.3 is 0 Å². The molecule has 4 heteroatoms. The minimum absolute atomic E-state index is 0.201. The van der Waals surface area contributed by atoms with Crippen molar-refractivity contribution in [2.45, 2.75) is 31.6 Å². The maximum Gasteiger partial charge on any atom is 0.265 e. The zero-order valence-corrected chi connectivity index (χ0v) is 13.2. The van der Waals surface area contributed by atoms with Crippen molar-refractivity contribution in [3.05, 3.63) is 66.2 Å². The second-order valence-corrected chi connectivity index (χ2v) is 5.79. The Morgan fingerprint density at radius 2 is 1.57 bits per heavy atom. The molecule has 4 nitrogen and oxygen atoms in total. The van der Waals surface area contributed by atoms with Gasteiger partial charge in [0.2, 0.25) is 0 Å². The fraction of sp³-hybridized carbons (Fsp3) is 0.263. The van der Waals surface area contributed by atoms with Gasteiger partial charge in [0.1, 0.15) is 0 Å². The maximum atomic E-state index is 13.2. The van der Waals surface area contributed by atoms with Crippen molar-refractivity contribution in [2.75, 3.05) is 5.01 Å². The van der Waals surface area contributed by atoms with Gasteiger partial charge in [-0.05, 0) is 24.1 Å². The zero-order valence-electron chi connectivity index (χ0n) is 13.2. The molecule has 23 heavy (non-hydrogen) atoms. The van der Waals surface area contributed by atoms with E-state index in [9.17, 15) is 9.59 Å². The normalized spacial score (nSPS) is 20.7. The largest absolute Gasteiger partial charge is 0.272 e. The third-order valence-electron chi connectivity index (χ3n) is 4.36. The fourth-order valence-electron chi connectivity index (χ4n) is 3.08. The number of nitrogens with zero attached hydrogens (tertiary/aromatic N) is 1. The number of nitrogens with one attached hydrogen (secondary N) is 1. The van der Waals surface area contributed by atoms with E-state index in [0.29, 0.717) is 12.1 Å². The number of hydrogen-bond acceptors (Lipinski definition) is 2. The summed E-state index contributed by atoms with van der Waals surface area (Å²) in [7, 11) is 0. The molecule has 118 valence electrons. The van der Waals surface area contributed by atoms with Crippen LogP contribution < -0.4 is 10.4 Å². The van der Waals surface area contributed by atoms with Crippen LogP contribution in [0.4, 0.5) is 5.69 Å². The maximum absolute atomic E-state index is 13.2. The van der Waals surface area contributed by atoms with Gasteiger partial charge in [0.05, 0.1) is 5.69 Å². The van der Waals surface area contributed by atoms with Crippen molar-refractivity contribution in [3.63, 3.8) is 0 Å². The molecule has 1 aliphatic rings. The van der Waals surface area contributed by atoms with Gasteiger partial charge in [-0.15, -0.1) is 0 Å². The van der Waals surface area contributed by atoms with Crippen molar-refractivity contribution in [3.8, 4) is 0 Å². The van der Waals surface area contributed by atoms with Gasteiger partial charge in [-0.2, -0.15) is 0 Å². The third kappa shape index (κ3) is 2.50. The van der Waals surface area contributed by atoms with Crippen LogP contribution >= 0.6 is 0 Å². The Bertz CT molecular complexity index is 700. The number of benzene rings is 2. The molecule has 0 radical (unpaired) electrons. The summed E-state index contributed by atoms with van der Waals surface area (Å²) in [6.45, 7) is 2.06. The van der Waals surface area contributed by atoms with Gasteiger partial charge in [0, 0.05) is 0 Å². The lowest BCUT2D eigenvalue weighted by Gasteiger charge is -2.24. The van der Waals surface area contributed by atoms with Gasteiger partial charge in [-0.1, -0.05) is 68.3 Å². The predicted octanol–water partition coefficient (Wildman–Crippen LogP) is 3.19. The molecule has 0 aliphatic carbocycles. The van der Waals surface area contributed by atoms with Crippen LogP contribution in [0.3, 0.4) is 0 Å². The van der Waals surface area contributed by atoms with Crippen molar-refractivity contribution >= 4 is 17.5 Å². The highest BCUT2D eigenvalue weighted by Gasteiger charge is 2.55. The van der Waals surface area contributed by atoms with E-state index >= 15 is 0 Å². The summed E-state index contributed by atoms with van der Waals surface area (Å²) in [5, 5.41) is 1.38. The van der Waals surface area contributed by atoms with E-state index in [0.717, 1.165) is 18.4 Å². The molecule has 2 aromatic rings. The molecule has 2 amide bonds. The van der Waals surface area contributed by atoms with Crippen molar-refractivity contribution < 1.29 is 9.59 Å². The van der Waals surface area contributed by atoms with Crippen LogP contribution in [0, 0.1) is 0 Å². The fourth-order valence-corrected chi connectivity index (χ4v) is 3.08. The van der Waals surface area contributed by atoms with E-state index in [1.807, 2.05) is 60.7 Å². The lowest BCUT2D eigenvalue weighted by Crippen LogP contribution is -2.41. The van der Waals surface area contributed by atoms with Crippen LogP contribution in [0.15, 0.2) is 60.7 Å². The number of anilines is 1. The SMILES string of the molecule is CCCC[C@@]1(c2ccccc2)C(=O)NN(c2ccccc2)C1=O. The lowest BCUT2D eigenvalue weighted by molar-refractivity contribution is -0.130. The Morgan fingerprint density at radius 1 is 0.957 bits per heavy atom. The first-order chi connectivity index (χ1) is 11.2. The Labute approximate surface area is 136 Å². The molecule has 0 saturated carbocycles. The molecule has 1 aliphatic heterocycles. The minimum Gasteiger partial charge on any atom is -0.272 e. The Morgan fingerprint density at radius 3 is 2.17 bits per heavy atom. The van der Waals surface area contributed by atoms with E-state index in [4.69, 9.17) is 0 Å². The van der Waals surface area contributed by atoms with Gasteiger partial charge in [0.15, 0.2) is 5.41 Å². The monoisotopic (exact) mass is 308 g/mol. The van der Waals surface area contributed by atoms with Crippen LogP contribution in [0.5, 0.6) is 0 Å². The van der Waals surface area contributed by atoms with Gasteiger partial charge in [-0.25, -0.2) is 5.01 Å². The highest BCUT2D eigenvalue weighted by atomic mass is 16.2. The Balaban J connectivity index is 2.05. The van der Waals surface area contributed by atoms with E-state index in [1.54, 1.807) is 0 Å². The number of hydrogen-bond donors (Lipinski definition) is 1. The average molecular weight is 308 g/mol. The zero-order chi connectivity index (χ0) is 16.3. The molecule has 0 spiro atoms. The number of carbonyl (C=O) groups is 2. The van der Waals surface area contributed by atoms with Gasteiger partial charge < -0.3 is 0 Å². The summed E-state index contributed by atoms with van der Waals surface area (Å²) in [5.74, 6) is -0.445. The average Bonchev–Trinajstić information content (AvgIpc) is 2.86. The quantitative estimate of drug-likeness (QED) is 0.862. The number of carbonyl (C=O) groups excluding carboxylic acids is 2. The summed E-state index contributed by atoms with van der Waals surface area (Å²) < 4.78 is 0. The standard InChI is InChI=1S/C19H20N2O2/c1-2-3-14-19(15-10-6-4-7-11-15)17(22)20-21(18(19)23)16-12-8-5-9-13-16/h4-13H,2-3,14H2,1H3,(H,20,22)/t19-/m1/s1. The summed E-state index contributed by atoms with van der Waals surface area (Å²) in [6, 6.07) is 18.6. The topological polar surface area (TPSA) is 49.4 Å². The molecular weight excluding hydrogens is 288 g/mol. The Kier molecular flexibility index (Phi) is 4.15. The smallest absolute Gasteiger partial charge is 0.265 e. The van der Waals surface area contributed by atoms with E-state index in [1.165, 1.54) is 5.01 Å². The predicted molar refractivity (Wildman–Crippen MR) is 89.7 cm³/mol. The summed E-state index contributed by atoms with van der Waals surface area (Å²) in [6.07, 6.45) is 2.26. The summed E-state index contributed by atoms with van der Waals surface area (Å²) in [4.78, 5) is 26.0. The molecular formula is C19H20N2O2. The number of para-hydroxylation sites is 1. The van der Waals surface area contributed by atoms with Gasteiger partial charge in [-0.3, -0.25) is 15.0 Å². The number of hydrazine groups is 1. The molecule has 0 unspecified atom stereocenters. The molecule has 1 saturated heterocycles.